The van der Waals surface area contributed by atoms with E-state index in [4.69, 9.17) is 5.11 Å². The third kappa shape index (κ3) is 4.01. The first-order valence-electron chi connectivity index (χ1n) is 5.31. The van der Waals surface area contributed by atoms with Crippen LogP contribution in [0.5, 0.6) is 0 Å². The number of rotatable bonds is 5. The molecule has 19 heavy (non-hydrogen) atoms. The SMILES string of the molecule is O=C(O)/C=C/c1ccc(C(=O)NCc2cncs2)s1. The van der Waals surface area contributed by atoms with Crippen molar-refractivity contribution in [3.05, 3.63) is 44.5 Å². The van der Waals surface area contributed by atoms with Crippen molar-refractivity contribution in [2.24, 2.45) is 0 Å². The van der Waals surface area contributed by atoms with Gasteiger partial charge in [-0.3, -0.25) is 9.78 Å². The number of carboxylic acids is 1. The molecule has 0 unspecified atom stereocenters. The molecule has 2 aromatic heterocycles. The molecule has 2 N–H and O–H groups in total. The van der Waals surface area contributed by atoms with E-state index in [-0.39, 0.29) is 5.91 Å². The van der Waals surface area contributed by atoms with E-state index in [1.165, 1.54) is 28.7 Å². The van der Waals surface area contributed by atoms with E-state index >= 15 is 0 Å². The molecule has 0 aliphatic heterocycles. The molecule has 2 rings (SSSR count). The number of carbonyl (C=O) groups excluding carboxylic acids is 1. The maximum absolute atomic E-state index is 11.8. The van der Waals surface area contributed by atoms with Crippen LogP contribution in [0.25, 0.3) is 6.08 Å². The quantitative estimate of drug-likeness (QED) is 0.829. The van der Waals surface area contributed by atoms with Crippen molar-refractivity contribution in [3.8, 4) is 0 Å². The van der Waals surface area contributed by atoms with Crippen molar-refractivity contribution in [1.82, 2.24) is 10.3 Å². The van der Waals surface area contributed by atoms with Gasteiger partial charge in [0.05, 0.1) is 16.9 Å². The van der Waals surface area contributed by atoms with Crippen LogP contribution in [-0.4, -0.2) is 22.0 Å². The summed E-state index contributed by atoms with van der Waals surface area (Å²) in [5.74, 6) is -1.18. The Balaban J connectivity index is 1.94. The summed E-state index contributed by atoms with van der Waals surface area (Å²) >= 11 is 2.72. The fourth-order valence-electron chi connectivity index (χ4n) is 1.30. The number of hydrogen-bond acceptors (Lipinski definition) is 5. The first-order chi connectivity index (χ1) is 9.15. The minimum atomic E-state index is -1.01. The summed E-state index contributed by atoms with van der Waals surface area (Å²) in [5.41, 5.74) is 1.71. The van der Waals surface area contributed by atoms with E-state index < -0.39 is 5.97 Å². The molecule has 1 amide bonds. The summed E-state index contributed by atoms with van der Waals surface area (Å²) in [6.45, 7) is 0.446. The molecule has 0 fully saturated rings. The van der Waals surface area contributed by atoms with Crippen LogP contribution in [0.1, 0.15) is 19.4 Å². The molecular formula is C12H10N2O3S2. The van der Waals surface area contributed by atoms with Gasteiger partial charge in [0.25, 0.3) is 5.91 Å². The van der Waals surface area contributed by atoms with Gasteiger partial charge in [-0.05, 0) is 18.2 Å². The van der Waals surface area contributed by atoms with Crippen molar-refractivity contribution in [2.45, 2.75) is 6.54 Å². The number of hydrogen-bond donors (Lipinski definition) is 2. The molecule has 0 saturated carbocycles. The zero-order valence-corrected chi connectivity index (χ0v) is 11.3. The molecule has 0 aromatic carbocycles. The molecular weight excluding hydrogens is 284 g/mol. The molecule has 0 aliphatic carbocycles. The van der Waals surface area contributed by atoms with Gasteiger partial charge in [-0.2, -0.15) is 0 Å². The molecule has 0 bridgehead atoms. The second kappa shape index (κ2) is 6.26. The second-order valence-corrected chi connectivity index (χ2v) is 5.61. The van der Waals surface area contributed by atoms with Gasteiger partial charge in [0.1, 0.15) is 0 Å². The van der Waals surface area contributed by atoms with Crippen molar-refractivity contribution in [3.63, 3.8) is 0 Å². The third-order valence-corrected chi connectivity index (χ3v) is 3.98. The van der Waals surface area contributed by atoms with E-state index in [1.54, 1.807) is 23.8 Å². The standard InChI is InChI=1S/C12H10N2O3S2/c15-11(16)4-2-8-1-3-10(19-8)12(17)14-6-9-5-13-7-18-9/h1-5,7H,6H2,(H,14,17)(H,15,16)/b4-2+. The minimum Gasteiger partial charge on any atom is -0.478 e. The fraction of sp³-hybridized carbons (Fsp3) is 0.0833. The molecule has 0 atom stereocenters. The average molecular weight is 294 g/mol. The Morgan fingerprint density at radius 1 is 1.42 bits per heavy atom. The summed E-state index contributed by atoms with van der Waals surface area (Å²) in [6.07, 6.45) is 4.22. The lowest BCUT2D eigenvalue weighted by Crippen LogP contribution is -2.21. The molecule has 0 saturated heterocycles. The number of thiazole rings is 1. The number of amides is 1. The van der Waals surface area contributed by atoms with E-state index in [0.717, 1.165) is 15.8 Å². The Labute approximate surface area is 117 Å². The number of aliphatic carboxylic acids is 1. The molecule has 2 aromatic rings. The highest BCUT2D eigenvalue weighted by atomic mass is 32.1. The van der Waals surface area contributed by atoms with Gasteiger partial charge in [0, 0.05) is 22.0 Å². The Morgan fingerprint density at radius 2 is 2.26 bits per heavy atom. The van der Waals surface area contributed by atoms with Gasteiger partial charge in [-0.15, -0.1) is 22.7 Å². The summed E-state index contributed by atoms with van der Waals surface area (Å²) < 4.78 is 0. The molecule has 98 valence electrons. The number of nitrogens with zero attached hydrogens (tertiary/aromatic N) is 1. The van der Waals surface area contributed by atoms with Gasteiger partial charge >= 0.3 is 5.97 Å². The molecule has 5 nitrogen and oxygen atoms in total. The Hall–Kier alpha value is -1.99. The lowest BCUT2D eigenvalue weighted by atomic mass is 10.4. The van der Waals surface area contributed by atoms with Gasteiger partial charge < -0.3 is 10.4 Å². The minimum absolute atomic E-state index is 0.173. The van der Waals surface area contributed by atoms with Crippen LogP contribution in [0.2, 0.25) is 0 Å². The van der Waals surface area contributed by atoms with Gasteiger partial charge in [0.15, 0.2) is 0 Å². The van der Waals surface area contributed by atoms with E-state index in [2.05, 4.69) is 10.3 Å². The highest BCUT2D eigenvalue weighted by Gasteiger charge is 2.08. The van der Waals surface area contributed by atoms with Crippen molar-refractivity contribution < 1.29 is 14.7 Å². The van der Waals surface area contributed by atoms with Crippen molar-refractivity contribution >= 4 is 40.6 Å². The summed E-state index contributed by atoms with van der Waals surface area (Å²) in [4.78, 5) is 28.4. The topological polar surface area (TPSA) is 79.3 Å². The maximum Gasteiger partial charge on any atom is 0.328 e. The lowest BCUT2D eigenvalue weighted by molar-refractivity contribution is -0.131. The molecule has 2 heterocycles. The third-order valence-electron chi connectivity index (χ3n) is 2.15. The summed E-state index contributed by atoms with van der Waals surface area (Å²) in [5, 5.41) is 11.3. The normalized spacial score (nSPS) is 10.7. The summed E-state index contributed by atoms with van der Waals surface area (Å²) in [6, 6.07) is 3.39. The molecule has 0 aliphatic rings. The van der Waals surface area contributed by atoms with Crippen LogP contribution in [0.4, 0.5) is 0 Å². The van der Waals surface area contributed by atoms with E-state index in [1.807, 2.05) is 0 Å². The van der Waals surface area contributed by atoms with Gasteiger partial charge in [0.2, 0.25) is 0 Å². The smallest absolute Gasteiger partial charge is 0.328 e. The number of aromatic nitrogens is 1. The predicted molar refractivity (Wildman–Crippen MR) is 74.3 cm³/mol. The average Bonchev–Trinajstić information content (AvgIpc) is 3.04. The summed E-state index contributed by atoms with van der Waals surface area (Å²) in [7, 11) is 0. The van der Waals surface area contributed by atoms with E-state index in [9.17, 15) is 9.59 Å². The van der Waals surface area contributed by atoms with Gasteiger partial charge in [-0.1, -0.05) is 0 Å². The number of carbonyl (C=O) groups is 2. The molecule has 0 spiro atoms. The van der Waals surface area contributed by atoms with Crippen molar-refractivity contribution in [2.75, 3.05) is 0 Å². The number of nitrogens with one attached hydrogen (secondary N) is 1. The van der Waals surface area contributed by atoms with Crippen molar-refractivity contribution in [1.29, 1.82) is 0 Å². The monoisotopic (exact) mass is 294 g/mol. The Kier molecular flexibility index (Phi) is 4.43. The highest BCUT2D eigenvalue weighted by molar-refractivity contribution is 7.14. The number of carboxylic acid groups (broad SMARTS) is 1. The van der Waals surface area contributed by atoms with Gasteiger partial charge in [-0.25, -0.2) is 4.79 Å². The van der Waals surface area contributed by atoms with E-state index in [0.29, 0.717) is 11.4 Å². The van der Waals surface area contributed by atoms with Crippen LogP contribution in [0.3, 0.4) is 0 Å². The van der Waals surface area contributed by atoms with Crippen LogP contribution in [-0.2, 0) is 11.3 Å². The zero-order chi connectivity index (χ0) is 13.7. The fourth-order valence-corrected chi connectivity index (χ4v) is 2.66. The molecule has 0 radical (unpaired) electrons. The lowest BCUT2D eigenvalue weighted by Gasteiger charge is -1.99. The van der Waals surface area contributed by atoms with Crippen LogP contribution in [0.15, 0.2) is 29.9 Å². The predicted octanol–water partition coefficient (Wildman–Crippen LogP) is 2.23. The Morgan fingerprint density at radius 3 is 2.95 bits per heavy atom. The Bertz CT molecular complexity index is 602. The zero-order valence-electron chi connectivity index (χ0n) is 9.70. The first kappa shape index (κ1) is 13.4. The number of thiophene rings is 1. The first-order valence-corrected chi connectivity index (χ1v) is 7.01. The largest absolute Gasteiger partial charge is 0.478 e. The van der Waals surface area contributed by atoms with Crippen LogP contribution >= 0.6 is 22.7 Å². The maximum atomic E-state index is 11.8. The molecule has 7 heteroatoms. The van der Waals surface area contributed by atoms with Crippen LogP contribution in [0, 0.1) is 0 Å². The van der Waals surface area contributed by atoms with Crippen LogP contribution < -0.4 is 5.32 Å². The second-order valence-electron chi connectivity index (χ2n) is 3.52. The highest BCUT2D eigenvalue weighted by Crippen LogP contribution is 2.18.